The number of hydrogen-bond acceptors (Lipinski definition) is 3. The first-order valence-electron chi connectivity index (χ1n) is 5.08. The van der Waals surface area contributed by atoms with Crippen molar-refractivity contribution in [3.05, 3.63) is 48.4 Å². The zero-order chi connectivity index (χ0) is 11.0. The fourth-order valence-corrected chi connectivity index (χ4v) is 1.72. The second kappa shape index (κ2) is 3.41. The molecule has 0 aliphatic rings. The third kappa shape index (κ3) is 1.35. The van der Waals surface area contributed by atoms with Crippen LogP contribution in [-0.2, 0) is 0 Å². The fraction of sp³-hybridized carbons (Fsp3) is 0.0833. The Balaban J connectivity index is 2.31. The van der Waals surface area contributed by atoms with E-state index >= 15 is 0 Å². The van der Waals surface area contributed by atoms with Crippen LogP contribution in [0.15, 0.2) is 42.6 Å². The van der Waals surface area contributed by atoms with E-state index in [0.29, 0.717) is 5.78 Å². The van der Waals surface area contributed by atoms with Gasteiger partial charge in [-0.15, -0.1) is 5.10 Å². The molecule has 0 saturated carbocycles. The number of aryl methyl sites for hydroxylation is 1. The van der Waals surface area contributed by atoms with Gasteiger partial charge in [-0.25, -0.2) is 4.98 Å². The van der Waals surface area contributed by atoms with E-state index in [1.165, 1.54) is 0 Å². The largest absolute Gasteiger partial charge is 0.252 e. The lowest BCUT2D eigenvalue weighted by molar-refractivity contribution is 0.924. The van der Waals surface area contributed by atoms with E-state index < -0.39 is 0 Å². The molecule has 4 heteroatoms. The predicted octanol–water partition coefficient (Wildman–Crippen LogP) is 2.10. The van der Waals surface area contributed by atoms with Gasteiger partial charge >= 0.3 is 0 Å². The van der Waals surface area contributed by atoms with Gasteiger partial charge in [0.15, 0.2) is 0 Å². The van der Waals surface area contributed by atoms with Gasteiger partial charge in [-0.3, -0.25) is 0 Å². The van der Waals surface area contributed by atoms with Crippen molar-refractivity contribution in [3.8, 4) is 11.3 Å². The highest BCUT2D eigenvalue weighted by Gasteiger charge is 2.06. The normalized spacial score (nSPS) is 10.8. The molecule has 16 heavy (non-hydrogen) atoms. The first kappa shape index (κ1) is 9.03. The highest BCUT2D eigenvalue weighted by molar-refractivity contribution is 5.60. The van der Waals surface area contributed by atoms with E-state index in [1.807, 2.05) is 43.3 Å². The molecule has 0 atom stereocenters. The summed E-state index contributed by atoms with van der Waals surface area (Å²) >= 11 is 0. The number of aromatic nitrogens is 4. The van der Waals surface area contributed by atoms with Crippen LogP contribution in [0.4, 0.5) is 0 Å². The molecule has 1 aromatic carbocycles. The molecule has 0 spiro atoms. The van der Waals surface area contributed by atoms with Crippen LogP contribution < -0.4 is 0 Å². The van der Waals surface area contributed by atoms with Gasteiger partial charge in [0.2, 0.25) is 0 Å². The van der Waals surface area contributed by atoms with Crippen LogP contribution >= 0.6 is 0 Å². The van der Waals surface area contributed by atoms with Gasteiger partial charge in [0.1, 0.15) is 5.82 Å². The molecule has 4 nitrogen and oxygen atoms in total. The number of rotatable bonds is 1. The Hall–Kier alpha value is -2.23. The summed E-state index contributed by atoms with van der Waals surface area (Å²) in [7, 11) is 0. The summed E-state index contributed by atoms with van der Waals surface area (Å²) in [4.78, 5) is 8.42. The molecule has 0 aliphatic carbocycles. The monoisotopic (exact) mass is 210 g/mol. The van der Waals surface area contributed by atoms with Crippen LogP contribution in [0.5, 0.6) is 0 Å². The first-order valence-corrected chi connectivity index (χ1v) is 5.08. The van der Waals surface area contributed by atoms with Crippen molar-refractivity contribution >= 4 is 5.78 Å². The molecule has 0 fully saturated rings. The van der Waals surface area contributed by atoms with Crippen molar-refractivity contribution in [3.63, 3.8) is 0 Å². The van der Waals surface area contributed by atoms with Crippen LogP contribution in [-0.4, -0.2) is 19.6 Å². The van der Waals surface area contributed by atoms with Crippen LogP contribution in [0.25, 0.3) is 17.0 Å². The maximum absolute atomic E-state index is 4.33. The minimum absolute atomic E-state index is 0.638. The smallest absolute Gasteiger partial charge is 0.220 e. The number of nitrogens with zero attached hydrogens (tertiary/aromatic N) is 4. The average Bonchev–Trinajstić information content (AvgIpc) is 2.70. The van der Waals surface area contributed by atoms with Gasteiger partial charge in [-0.05, 0) is 13.0 Å². The lowest BCUT2D eigenvalue weighted by Crippen LogP contribution is -1.95. The number of hydrogen-bond donors (Lipinski definition) is 0. The minimum Gasteiger partial charge on any atom is -0.220 e. The zero-order valence-electron chi connectivity index (χ0n) is 8.83. The van der Waals surface area contributed by atoms with Gasteiger partial charge < -0.3 is 0 Å². The van der Waals surface area contributed by atoms with Crippen molar-refractivity contribution < 1.29 is 0 Å². The summed E-state index contributed by atoms with van der Waals surface area (Å²) in [5, 5.41) is 4.33. The van der Waals surface area contributed by atoms with Gasteiger partial charge in [0.05, 0.1) is 5.69 Å². The summed E-state index contributed by atoms with van der Waals surface area (Å²) in [6, 6.07) is 12.0. The second-order valence-electron chi connectivity index (χ2n) is 3.57. The summed E-state index contributed by atoms with van der Waals surface area (Å²) in [5.74, 6) is 1.37. The highest BCUT2D eigenvalue weighted by Crippen LogP contribution is 2.18. The zero-order valence-corrected chi connectivity index (χ0v) is 8.83. The summed E-state index contributed by atoms with van der Waals surface area (Å²) < 4.78 is 1.77. The molecule has 0 bridgehead atoms. The SMILES string of the molecule is Cc1nc2nccc(-c3ccccc3)n2n1. The van der Waals surface area contributed by atoms with Crippen LogP contribution in [0.2, 0.25) is 0 Å². The molecule has 3 rings (SSSR count). The molecule has 0 unspecified atom stereocenters. The van der Waals surface area contributed by atoms with Gasteiger partial charge in [-0.1, -0.05) is 30.3 Å². The Morgan fingerprint density at radius 3 is 2.69 bits per heavy atom. The Morgan fingerprint density at radius 2 is 1.88 bits per heavy atom. The number of fused-ring (bicyclic) bond motifs is 1. The average molecular weight is 210 g/mol. The Morgan fingerprint density at radius 1 is 1.06 bits per heavy atom. The van der Waals surface area contributed by atoms with E-state index in [9.17, 15) is 0 Å². The molecular weight excluding hydrogens is 200 g/mol. The lowest BCUT2D eigenvalue weighted by atomic mass is 10.1. The maximum atomic E-state index is 4.33. The van der Waals surface area contributed by atoms with Crippen LogP contribution in [0.1, 0.15) is 5.82 Å². The van der Waals surface area contributed by atoms with Crippen molar-refractivity contribution in [1.29, 1.82) is 0 Å². The second-order valence-corrected chi connectivity index (χ2v) is 3.57. The molecule has 2 heterocycles. The van der Waals surface area contributed by atoms with E-state index in [2.05, 4.69) is 15.1 Å². The van der Waals surface area contributed by atoms with Crippen molar-refractivity contribution in [2.24, 2.45) is 0 Å². The number of benzene rings is 1. The maximum Gasteiger partial charge on any atom is 0.252 e. The predicted molar refractivity (Wildman–Crippen MR) is 61.0 cm³/mol. The van der Waals surface area contributed by atoms with E-state index in [0.717, 1.165) is 17.1 Å². The van der Waals surface area contributed by atoms with Gasteiger partial charge in [0.25, 0.3) is 5.78 Å². The summed E-state index contributed by atoms with van der Waals surface area (Å²) in [6.45, 7) is 1.86. The topological polar surface area (TPSA) is 43.1 Å². The molecule has 0 amide bonds. The van der Waals surface area contributed by atoms with Crippen LogP contribution in [0, 0.1) is 6.92 Å². The molecule has 0 radical (unpaired) electrons. The molecular formula is C12H10N4. The molecule has 0 aliphatic heterocycles. The third-order valence-electron chi connectivity index (χ3n) is 2.42. The van der Waals surface area contributed by atoms with Crippen molar-refractivity contribution in [2.45, 2.75) is 6.92 Å². The van der Waals surface area contributed by atoms with Crippen molar-refractivity contribution in [1.82, 2.24) is 19.6 Å². The van der Waals surface area contributed by atoms with E-state index in [-0.39, 0.29) is 0 Å². The van der Waals surface area contributed by atoms with Gasteiger partial charge in [-0.2, -0.15) is 9.50 Å². The van der Waals surface area contributed by atoms with E-state index in [4.69, 9.17) is 0 Å². The first-order chi connectivity index (χ1) is 7.84. The lowest BCUT2D eigenvalue weighted by Gasteiger charge is -2.02. The fourth-order valence-electron chi connectivity index (χ4n) is 1.72. The highest BCUT2D eigenvalue weighted by atomic mass is 15.3. The Labute approximate surface area is 92.6 Å². The Kier molecular flexibility index (Phi) is 1.93. The van der Waals surface area contributed by atoms with Crippen LogP contribution in [0.3, 0.4) is 0 Å². The van der Waals surface area contributed by atoms with Gasteiger partial charge in [0, 0.05) is 11.8 Å². The molecule has 0 N–H and O–H groups in total. The molecule has 3 aromatic rings. The standard InChI is InChI=1S/C12H10N4/c1-9-14-12-13-8-7-11(16(12)15-9)10-5-3-2-4-6-10/h2-8H,1H3. The van der Waals surface area contributed by atoms with Crippen molar-refractivity contribution in [2.75, 3.05) is 0 Å². The third-order valence-corrected chi connectivity index (χ3v) is 2.42. The molecule has 78 valence electrons. The summed E-state index contributed by atoms with van der Waals surface area (Å²) in [6.07, 6.45) is 1.76. The molecule has 2 aromatic heterocycles. The molecule has 0 saturated heterocycles. The minimum atomic E-state index is 0.638. The summed E-state index contributed by atoms with van der Waals surface area (Å²) in [5.41, 5.74) is 2.12. The Bertz CT molecular complexity index is 628. The van der Waals surface area contributed by atoms with E-state index in [1.54, 1.807) is 10.7 Å². The quantitative estimate of drug-likeness (QED) is 0.617.